The van der Waals surface area contributed by atoms with Gasteiger partial charge in [0.25, 0.3) is 0 Å². The quantitative estimate of drug-likeness (QED) is 0.861. The van der Waals surface area contributed by atoms with Gasteiger partial charge in [0.05, 0.1) is 23.7 Å². The van der Waals surface area contributed by atoms with Crippen LogP contribution in [-0.2, 0) is 29.5 Å². The summed E-state index contributed by atoms with van der Waals surface area (Å²) < 4.78 is 24.7. The second-order valence-corrected chi connectivity index (χ2v) is 9.65. The molecule has 142 valence electrons. The molecule has 1 aromatic heterocycles. The maximum atomic E-state index is 11.4. The van der Waals surface area contributed by atoms with Crippen LogP contribution < -0.4 is 0 Å². The van der Waals surface area contributed by atoms with Crippen molar-refractivity contribution in [3.63, 3.8) is 0 Å². The number of benzene rings is 1. The molecule has 3 rings (SSSR count). The number of aryl methyl sites for hydroxylation is 3. The van der Waals surface area contributed by atoms with Gasteiger partial charge >= 0.3 is 0 Å². The molecular formula is C19H27N3O3S. The van der Waals surface area contributed by atoms with E-state index in [2.05, 4.69) is 42.9 Å². The number of aliphatic hydroxyl groups excluding tert-OH is 1. The zero-order chi connectivity index (χ0) is 19.1. The van der Waals surface area contributed by atoms with Gasteiger partial charge in [-0.2, -0.15) is 5.10 Å². The van der Waals surface area contributed by atoms with Crippen molar-refractivity contribution in [2.75, 3.05) is 18.6 Å². The summed E-state index contributed by atoms with van der Waals surface area (Å²) in [5.41, 5.74) is 6.70. The summed E-state index contributed by atoms with van der Waals surface area (Å²) in [5, 5.41) is 14.5. The zero-order valence-corrected chi connectivity index (χ0v) is 16.7. The lowest BCUT2D eigenvalue weighted by Gasteiger charge is -2.28. The predicted molar refractivity (Wildman–Crippen MR) is 102 cm³/mol. The third-order valence-electron chi connectivity index (χ3n) is 5.04. The second-order valence-electron chi connectivity index (χ2n) is 7.47. The maximum absolute atomic E-state index is 11.4. The summed E-state index contributed by atoms with van der Waals surface area (Å²) in [6, 6.07) is 6.33. The first-order valence-corrected chi connectivity index (χ1v) is 10.9. The Morgan fingerprint density at radius 3 is 2.50 bits per heavy atom. The highest BCUT2D eigenvalue weighted by Crippen LogP contribution is 2.22. The maximum Gasteiger partial charge on any atom is 0.150 e. The molecule has 0 spiro atoms. The topological polar surface area (TPSA) is 75.4 Å². The molecule has 0 saturated heterocycles. The van der Waals surface area contributed by atoms with Crippen molar-refractivity contribution in [2.24, 2.45) is 0 Å². The van der Waals surface area contributed by atoms with Gasteiger partial charge in [-0.1, -0.05) is 12.1 Å². The van der Waals surface area contributed by atoms with E-state index < -0.39 is 15.9 Å². The van der Waals surface area contributed by atoms with E-state index in [1.54, 1.807) is 0 Å². The molecule has 1 aromatic carbocycles. The summed E-state index contributed by atoms with van der Waals surface area (Å²) in [5.74, 6) is -0.297. The number of rotatable bonds is 5. The summed E-state index contributed by atoms with van der Waals surface area (Å²) in [6.07, 6.45) is 0.0540. The average Bonchev–Trinajstić information content (AvgIpc) is 2.94. The Bertz CT molecular complexity index is 918. The number of hydrogen-bond acceptors (Lipinski definition) is 5. The summed E-state index contributed by atoms with van der Waals surface area (Å²) in [4.78, 5) is 2.36. The fraction of sp³-hybridized carbons (Fsp3) is 0.526. The van der Waals surface area contributed by atoms with E-state index in [4.69, 9.17) is 0 Å². The Morgan fingerprint density at radius 1 is 1.12 bits per heavy atom. The van der Waals surface area contributed by atoms with E-state index in [0.717, 1.165) is 38.1 Å². The van der Waals surface area contributed by atoms with E-state index in [0.29, 0.717) is 5.69 Å². The Kier molecular flexibility index (Phi) is 5.23. The summed E-state index contributed by atoms with van der Waals surface area (Å²) >= 11 is 0. The number of fused-ring (bicyclic) bond motifs is 1. The van der Waals surface area contributed by atoms with Gasteiger partial charge in [-0.15, -0.1) is 0 Å². The highest BCUT2D eigenvalue weighted by molar-refractivity contribution is 7.90. The van der Waals surface area contributed by atoms with Crippen LogP contribution in [0.5, 0.6) is 0 Å². The minimum absolute atomic E-state index is 0.297. The highest BCUT2D eigenvalue weighted by atomic mass is 32.2. The minimum atomic E-state index is -3.25. The Balaban J connectivity index is 1.73. The first-order valence-electron chi connectivity index (χ1n) is 8.84. The van der Waals surface area contributed by atoms with E-state index >= 15 is 0 Å². The van der Waals surface area contributed by atoms with Crippen LogP contribution in [0, 0.1) is 20.8 Å². The lowest BCUT2D eigenvalue weighted by atomic mass is 10.0. The Hall–Kier alpha value is -1.70. The van der Waals surface area contributed by atoms with Crippen molar-refractivity contribution in [2.45, 2.75) is 46.5 Å². The van der Waals surface area contributed by atoms with Crippen LogP contribution in [0.15, 0.2) is 18.2 Å². The van der Waals surface area contributed by atoms with Crippen molar-refractivity contribution in [1.82, 2.24) is 14.7 Å². The Labute approximate surface area is 155 Å². The van der Waals surface area contributed by atoms with Crippen LogP contribution in [0.2, 0.25) is 0 Å². The fourth-order valence-electron chi connectivity index (χ4n) is 3.44. The molecular weight excluding hydrogens is 350 g/mol. The highest BCUT2D eigenvalue weighted by Gasteiger charge is 2.23. The van der Waals surface area contributed by atoms with Gasteiger partial charge in [0.2, 0.25) is 0 Å². The van der Waals surface area contributed by atoms with Crippen LogP contribution in [-0.4, -0.2) is 46.8 Å². The van der Waals surface area contributed by atoms with E-state index in [1.165, 1.54) is 22.3 Å². The summed E-state index contributed by atoms with van der Waals surface area (Å²) in [6.45, 7) is 9.65. The number of aliphatic hydroxyl groups is 1. The zero-order valence-electron chi connectivity index (χ0n) is 15.9. The molecule has 1 aliphatic heterocycles. The molecule has 0 fully saturated rings. The molecule has 0 amide bonds. The SMILES string of the molecule is Cc1cc(C)c(CN2CCn3nc([C@H](O)CS(C)(=O)=O)cc3C2)cc1C. The number of hydrogen-bond donors (Lipinski definition) is 1. The lowest BCUT2D eigenvalue weighted by Crippen LogP contribution is -2.33. The fourth-order valence-corrected chi connectivity index (χ4v) is 4.19. The van der Waals surface area contributed by atoms with E-state index in [-0.39, 0.29) is 5.75 Å². The molecule has 26 heavy (non-hydrogen) atoms. The predicted octanol–water partition coefficient (Wildman–Crippen LogP) is 1.90. The molecule has 1 N–H and O–H groups in total. The molecule has 1 aliphatic rings. The smallest absolute Gasteiger partial charge is 0.150 e. The molecule has 1 atom stereocenters. The molecule has 2 heterocycles. The van der Waals surface area contributed by atoms with Gasteiger partial charge in [0.1, 0.15) is 15.9 Å². The standard InChI is InChI=1S/C19H27N3O3S/c1-13-7-15(3)16(8-14(13)2)10-21-5-6-22-17(11-21)9-18(20-22)19(23)12-26(4,24)25/h7-9,19,23H,5-6,10-12H2,1-4H3/t19-/m1/s1. The number of nitrogens with zero attached hydrogens (tertiary/aromatic N) is 3. The number of aromatic nitrogens is 2. The normalized spacial score (nSPS) is 16.5. The summed E-state index contributed by atoms with van der Waals surface area (Å²) in [7, 11) is -3.25. The Morgan fingerprint density at radius 2 is 1.81 bits per heavy atom. The van der Waals surface area contributed by atoms with Crippen LogP contribution in [0.1, 0.15) is 39.7 Å². The molecule has 7 heteroatoms. The van der Waals surface area contributed by atoms with Crippen molar-refractivity contribution in [3.8, 4) is 0 Å². The van der Waals surface area contributed by atoms with E-state index in [9.17, 15) is 13.5 Å². The van der Waals surface area contributed by atoms with Crippen molar-refractivity contribution < 1.29 is 13.5 Å². The molecule has 0 radical (unpaired) electrons. The van der Waals surface area contributed by atoms with Crippen LogP contribution in [0.4, 0.5) is 0 Å². The monoisotopic (exact) mass is 377 g/mol. The van der Waals surface area contributed by atoms with Gasteiger partial charge in [-0.25, -0.2) is 8.42 Å². The van der Waals surface area contributed by atoms with Gasteiger partial charge in [0, 0.05) is 25.9 Å². The van der Waals surface area contributed by atoms with Gasteiger partial charge in [0.15, 0.2) is 0 Å². The average molecular weight is 378 g/mol. The molecule has 0 unspecified atom stereocenters. The van der Waals surface area contributed by atoms with Gasteiger partial charge < -0.3 is 5.11 Å². The van der Waals surface area contributed by atoms with Crippen LogP contribution >= 0.6 is 0 Å². The molecule has 0 aliphatic carbocycles. The third-order valence-corrected chi connectivity index (χ3v) is 5.97. The first-order chi connectivity index (χ1) is 12.1. The van der Waals surface area contributed by atoms with Crippen molar-refractivity contribution >= 4 is 9.84 Å². The van der Waals surface area contributed by atoms with E-state index in [1.807, 2.05) is 10.7 Å². The lowest BCUT2D eigenvalue weighted by molar-refractivity contribution is 0.191. The molecule has 6 nitrogen and oxygen atoms in total. The molecule has 0 bridgehead atoms. The molecule has 2 aromatic rings. The third kappa shape index (κ3) is 4.34. The van der Waals surface area contributed by atoms with Gasteiger partial charge in [-0.05, 0) is 49.1 Å². The molecule has 0 saturated carbocycles. The first kappa shape index (κ1) is 19.1. The van der Waals surface area contributed by atoms with Crippen LogP contribution in [0.25, 0.3) is 0 Å². The van der Waals surface area contributed by atoms with Crippen molar-refractivity contribution in [1.29, 1.82) is 0 Å². The number of sulfone groups is 1. The minimum Gasteiger partial charge on any atom is -0.386 e. The van der Waals surface area contributed by atoms with Gasteiger partial charge in [-0.3, -0.25) is 9.58 Å². The van der Waals surface area contributed by atoms with Crippen LogP contribution in [0.3, 0.4) is 0 Å². The largest absolute Gasteiger partial charge is 0.386 e. The van der Waals surface area contributed by atoms with Crippen molar-refractivity contribution in [3.05, 3.63) is 51.8 Å². The second kappa shape index (κ2) is 7.13.